The number of nitrogens with zero attached hydrogens (tertiary/aromatic N) is 3. The number of piperazine rings is 1. The van der Waals surface area contributed by atoms with Crippen molar-refractivity contribution in [1.29, 1.82) is 5.26 Å². The fourth-order valence-corrected chi connectivity index (χ4v) is 12.8. The van der Waals surface area contributed by atoms with Gasteiger partial charge in [0.25, 0.3) is 0 Å². The first-order valence-corrected chi connectivity index (χ1v) is 25.1. The van der Waals surface area contributed by atoms with Crippen LogP contribution in [0.2, 0.25) is 0 Å². The number of thioether (sulfide) groups is 1. The Morgan fingerprint density at radius 1 is 1.04 bits per heavy atom. The van der Waals surface area contributed by atoms with E-state index in [1.807, 2.05) is 42.2 Å². The van der Waals surface area contributed by atoms with Crippen molar-refractivity contribution in [1.82, 2.24) is 15.1 Å². The number of hydrogen-bond acceptors (Lipinski definition) is 16. The van der Waals surface area contributed by atoms with Gasteiger partial charge in [-0.15, -0.1) is 6.58 Å². The van der Waals surface area contributed by atoms with E-state index >= 15 is 0 Å². The maximum absolute atomic E-state index is 14.8. The summed E-state index contributed by atoms with van der Waals surface area (Å²) in [5, 5.41) is 27.3. The molecule has 4 heterocycles. The number of piperidine rings is 1. The lowest BCUT2D eigenvalue weighted by atomic mass is 9.64. The Kier molecular flexibility index (Phi) is 14.3. The predicted molar refractivity (Wildman–Crippen MR) is 264 cm³/mol. The first kappa shape index (κ1) is 50.1. The Morgan fingerprint density at radius 3 is 2.41 bits per heavy atom. The van der Waals surface area contributed by atoms with Gasteiger partial charge in [-0.3, -0.25) is 14.6 Å². The fraction of sp³-hybridized carbons (Fsp3) is 0.481. The van der Waals surface area contributed by atoms with E-state index in [4.69, 9.17) is 37.9 Å². The van der Waals surface area contributed by atoms with Crippen molar-refractivity contribution in [3.8, 4) is 28.7 Å². The largest absolute Gasteiger partial charge is 0.493 e. The van der Waals surface area contributed by atoms with Crippen molar-refractivity contribution < 1.29 is 57.4 Å². The first-order valence-electron chi connectivity index (χ1n) is 24.0. The van der Waals surface area contributed by atoms with E-state index in [0.717, 1.165) is 16.7 Å². The monoisotopic (exact) mass is 990 g/mol. The molecule has 71 heavy (non-hydrogen) atoms. The molecule has 376 valence electrons. The minimum absolute atomic E-state index is 0.0456. The van der Waals surface area contributed by atoms with Gasteiger partial charge in [-0.25, -0.2) is 9.59 Å². The van der Waals surface area contributed by atoms with Crippen molar-refractivity contribution in [3.05, 3.63) is 118 Å². The summed E-state index contributed by atoms with van der Waals surface area (Å²) in [4.78, 5) is 47.2. The molecule has 3 saturated heterocycles. The molecular formula is C54H62N4O12S. The van der Waals surface area contributed by atoms with Crippen molar-refractivity contribution in [2.24, 2.45) is 0 Å². The lowest BCUT2D eigenvalue weighted by molar-refractivity contribution is -0.160. The van der Waals surface area contributed by atoms with Crippen LogP contribution in [0.15, 0.2) is 89.9 Å². The summed E-state index contributed by atoms with van der Waals surface area (Å²) in [6.45, 7) is 13.1. The molecule has 4 aliphatic heterocycles. The number of rotatable bonds is 17. The number of nitrogens with one attached hydrogen (secondary N) is 1. The standard InChI is InChI=1S/C54H62N4O12S/c1-9-18-57-39-22-32-21-30(2)46(64-8)48(67-28-65-20-19-63-7)43(32)45(57)40-23-54(62)44(49-47(68-29-69-49)31(3)50(54)59)42(58(40)41(39)24-55)25-66-51(60)38(56-52(61)70-53(4,5)6)27-71-26-37-35-16-12-10-14-33(35)34-15-11-13-17-36(34)37/h9-17,21,37-42,45,62H,1,18-20,22-23,25-29H2,2-8H3,(H,56,61)/t38-,39-,40?,41+,42+,45+,54?/m1/s1. The molecule has 7 atom stereocenters. The van der Waals surface area contributed by atoms with E-state index in [0.29, 0.717) is 36.8 Å². The van der Waals surface area contributed by atoms with E-state index < -0.39 is 71.9 Å². The van der Waals surface area contributed by atoms with Gasteiger partial charge in [0, 0.05) is 66.3 Å². The second-order valence-corrected chi connectivity index (χ2v) is 20.8. The third-order valence-corrected chi connectivity index (χ3v) is 15.5. The number of aliphatic hydroxyl groups is 1. The van der Waals surface area contributed by atoms with Crippen LogP contribution < -0.4 is 14.8 Å². The molecule has 2 N–H and O–H groups in total. The highest BCUT2D eigenvalue weighted by Crippen LogP contribution is 2.57. The Hall–Kier alpha value is -5.87. The molecule has 0 radical (unpaired) electrons. The van der Waals surface area contributed by atoms with Crippen molar-refractivity contribution in [2.75, 3.05) is 65.7 Å². The van der Waals surface area contributed by atoms with E-state index in [9.17, 15) is 24.8 Å². The first-order chi connectivity index (χ1) is 34.1. The molecule has 2 bridgehead atoms. The van der Waals surface area contributed by atoms with E-state index in [1.54, 1.807) is 48.0 Å². The molecule has 2 aliphatic carbocycles. The summed E-state index contributed by atoms with van der Waals surface area (Å²) < 4.78 is 47.5. The zero-order valence-electron chi connectivity index (χ0n) is 41.3. The third kappa shape index (κ3) is 9.08. The summed E-state index contributed by atoms with van der Waals surface area (Å²) in [6, 6.07) is 16.2. The highest BCUT2D eigenvalue weighted by atomic mass is 32.2. The normalized spacial score (nSPS) is 24.7. The van der Waals surface area contributed by atoms with Gasteiger partial charge in [0.05, 0.1) is 38.5 Å². The number of fused-ring (bicyclic) bond motifs is 11. The summed E-state index contributed by atoms with van der Waals surface area (Å²) >= 11 is 1.50. The van der Waals surface area contributed by atoms with E-state index in [-0.39, 0.29) is 60.9 Å². The number of ether oxygens (including phenoxy) is 8. The van der Waals surface area contributed by atoms with Gasteiger partial charge >= 0.3 is 12.1 Å². The highest BCUT2D eigenvalue weighted by molar-refractivity contribution is 7.99. The number of Topliss-reactive ketones (excluding diaryl/α,β-unsaturated/α-hetero) is 1. The summed E-state index contributed by atoms with van der Waals surface area (Å²) in [5.41, 5.74) is 4.49. The number of esters is 1. The molecule has 3 aromatic rings. The van der Waals surface area contributed by atoms with Crippen LogP contribution in [0.3, 0.4) is 0 Å². The van der Waals surface area contributed by atoms with Crippen LogP contribution in [0.1, 0.15) is 73.9 Å². The maximum atomic E-state index is 14.8. The third-order valence-electron chi connectivity index (χ3n) is 14.3. The Bertz CT molecular complexity index is 2660. The quantitative estimate of drug-likeness (QED) is 0.0634. The number of carbonyl (C=O) groups is 3. The zero-order valence-corrected chi connectivity index (χ0v) is 42.1. The summed E-state index contributed by atoms with van der Waals surface area (Å²) in [5.74, 6) is 0.716. The van der Waals surface area contributed by atoms with Crippen LogP contribution in [0.5, 0.6) is 11.5 Å². The lowest BCUT2D eigenvalue weighted by Gasteiger charge is -2.63. The number of hydrogen-bond donors (Lipinski definition) is 2. The van der Waals surface area contributed by atoms with Gasteiger partial charge in [-0.05, 0) is 74.4 Å². The van der Waals surface area contributed by atoms with E-state index in [2.05, 4.69) is 47.1 Å². The number of aryl methyl sites for hydroxylation is 1. The van der Waals surface area contributed by atoms with Gasteiger partial charge in [0.2, 0.25) is 6.79 Å². The number of nitriles is 1. The van der Waals surface area contributed by atoms with E-state index in [1.165, 1.54) is 34.0 Å². The maximum Gasteiger partial charge on any atom is 0.408 e. The summed E-state index contributed by atoms with van der Waals surface area (Å²) in [6.07, 6.45) is 1.22. The number of carbonyl (C=O) groups excluding carboxylic acids is 3. The van der Waals surface area contributed by atoms with Gasteiger partial charge in [-0.2, -0.15) is 17.0 Å². The van der Waals surface area contributed by atoms with Crippen molar-refractivity contribution in [2.45, 2.75) is 101 Å². The Labute approximate surface area is 418 Å². The fourth-order valence-electron chi connectivity index (χ4n) is 11.6. The van der Waals surface area contributed by atoms with Gasteiger partial charge in [0.1, 0.15) is 24.3 Å². The molecule has 17 heteroatoms. The highest BCUT2D eigenvalue weighted by Gasteiger charge is 2.65. The smallest absolute Gasteiger partial charge is 0.408 e. The number of alkyl carbamates (subject to hydrolysis) is 1. The SMILES string of the molecule is C=CCN1[C@@H]2c3c(cc(C)c(OC)c3OCOCCOC)C[C@@H]1[C@H](C#N)N1C2CC2(O)C(=O)C(C)=C3OCOC3=C2[C@@H]1COC(=O)[C@@H](CSCC1c2ccccc2-c2ccccc21)NC(=O)OC(C)(C)C. The second-order valence-electron chi connectivity index (χ2n) is 19.7. The minimum Gasteiger partial charge on any atom is -0.493 e. The lowest BCUT2D eigenvalue weighted by Crippen LogP contribution is -2.75. The second kappa shape index (κ2) is 20.3. The topological polar surface area (TPSA) is 188 Å². The van der Waals surface area contributed by atoms with Crippen LogP contribution in [-0.2, 0) is 44.4 Å². The average Bonchev–Trinajstić information content (AvgIpc) is 3.95. The Balaban J connectivity index is 1.09. The molecular weight excluding hydrogens is 929 g/mol. The molecule has 1 amide bonds. The van der Waals surface area contributed by atoms with Crippen molar-refractivity contribution >= 4 is 29.6 Å². The number of methoxy groups -OCH3 is 2. The van der Waals surface area contributed by atoms with Gasteiger partial charge in [-0.1, -0.05) is 60.7 Å². The molecule has 3 fully saturated rings. The molecule has 2 unspecified atom stereocenters. The number of amides is 1. The molecule has 0 saturated carbocycles. The Morgan fingerprint density at radius 2 is 1.75 bits per heavy atom. The van der Waals surface area contributed by atoms with Crippen LogP contribution >= 0.6 is 11.8 Å². The van der Waals surface area contributed by atoms with Gasteiger partial charge < -0.3 is 48.3 Å². The van der Waals surface area contributed by atoms with Gasteiger partial charge in [0.15, 0.2) is 41.2 Å². The average molecular weight is 991 g/mol. The number of benzene rings is 3. The minimum atomic E-state index is -2.18. The van der Waals surface area contributed by atoms with Crippen LogP contribution in [-0.4, -0.2) is 140 Å². The number of ketones is 1. The molecule has 6 aliphatic rings. The van der Waals surface area contributed by atoms with Crippen molar-refractivity contribution in [3.63, 3.8) is 0 Å². The summed E-state index contributed by atoms with van der Waals surface area (Å²) in [7, 11) is 3.15. The molecule has 16 nitrogen and oxygen atoms in total. The molecule has 9 rings (SSSR count). The predicted octanol–water partition coefficient (Wildman–Crippen LogP) is 6.63. The van der Waals surface area contributed by atoms with Crippen LogP contribution in [0, 0.1) is 18.3 Å². The van der Waals surface area contributed by atoms with Crippen LogP contribution in [0.4, 0.5) is 4.79 Å². The molecule has 0 spiro atoms. The molecule has 3 aromatic carbocycles. The zero-order chi connectivity index (χ0) is 50.4. The van der Waals surface area contributed by atoms with Crippen LogP contribution in [0.25, 0.3) is 11.1 Å². The molecule has 0 aromatic heterocycles.